The lowest BCUT2D eigenvalue weighted by molar-refractivity contribution is -0.142. The number of thiophene rings is 1. The Kier molecular flexibility index (Phi) is 5.94. The Bertz CT molecular complexity index is 910. The highest BCUT2D eigenvalue weighted by Crippen LogP contribution is 2.25. The van der Waals surface area contributed by atoms with Gasteiger partial charge < -0.3 is 9.64 Å². The zero-order valence-corrected chi connectivity index (χ0v) is 16.8. The Morgan fingerprint density at radius 1 is 1.30 bits per heavy atom. The molecule has 2 aromatic rings. The number of likely N-dealkylation sites (tertiary alicyclic amines) is 1. The summed E-state index contributed by atoms with van der Waals surface area (Å²) >= 11 is 1.52. The van der Waals surface area contributed by atoms with Crippen molar-refractivity contribution in [3.8, 4) is 0 Å². The molecule has 1 amide bonds. The van der Waals surface area contributed by atoms with Gasteiger partial charge in [0.1, 0.15) is 4.83 Å². The fourth-order valence-electron chi connectivity index (χ4n) is 3.51. The second kappa shape index (κ2) is 8.21. The lowest BCUT2D eigenvalue weighted by atomic mass is 9.93. The molecule has 0 atom stereocenters. The van der Waals surface area contributed by atoms with Gasteiger partial charge in [-0.1, -0.05) is 0 Å². The van der Waals surface area contributed by atoms with E-state index >= 15 is 0 Å². The first-order chi connectivity index (χ1) is 12.9. The van der Waals surface area contributed by atoms with Gasteiger partial charge >= 0.3 is 5.97 Å². The average Bonchev–Trinajstić information content (AvgIpc) is 2.96. The number of carbonyl (C=O) groups is 2. The number of piperidine rings is 1. The molecule has 0 unspecified atom stereocenters. The van der Waals surface area contributed by atoms with E-state index in [0.717, 1.165) is 28.1 Å². The van der Waals surface area contributed by atoms with Crippen molar-refractivity contribution in [1.29, 1.82) is 0 Å². The number of nitrogens with zero attached hydrogens (tertiary/aromatic N) is 3. The first kappa shape index (κ1) is 19.5. The molecule has 3 rings (SSSR count). The molecule has 0 radical (unpaired) electrons. The standard InChI is InChI=1S/C19H25N3O4S/c1-12-13(2)27-18-17(12)19(25)22(11-20-18)9-6-15(23)21-7-4-14(5-8-21)10-16(24)26-3/h11,14H,4-10H2,1-3H3. The Labute approximate surface area is 161 Å². The van der Waals surface area contributed by atoms with E-state index in [4.69, 9.17) is 4.74 Å². The van der Waals surface area contributed by atoms with Crippen LogP contribution in [0, 0.1) is 19.8 Å². The van der Waals surface area contributed by atoms with Crippen molar-refractivity contribution in [2.24, 2.45) is 5.92 Å². The fourth-order valence-corrected chi connectivity index (χ4v) is 4.50. The van der Waals surface area contributed by atoms with Crippen LogP contribution in [-0.2, 0) is 20.9 Å². The lowest BCUT2D eigenvalue weighted by Gasteiger charge is -2.31. The third kappa shape index (κ3) is 4.21. The predicted molar refractivity (Wildman–Crippen MR) is 104 cm³/mol. The van der Waals surface area contributed by atoms with Crippen molar-refractivity contribution in [1.82, 2.24) is 14.5 Å². The van der Waals surface area contributed by atoms with Gasteiger partial charge in [0.15, 0.2) is 0 Å². The molecule has 0 N–H and O–H groups in total. The number of rotatable bonds is 5. The molecule has 0 aliphatic carbocycles. The van der Waals surface area contributed by atoms with Gasteiger partial charge in [0.2, 0.25) is 5.91 Å². The molecule has 0 aromatic carbocycles. The highest BCUT2D eigenvalue weighted by Gasteiger charge is 2.24. The number of fused-ring (bicyclic) bond motifs is 1. The third-order valence-corrected chi connectivity index (χ3v) is 6.49. The number of hydrogen-bond donors (Lipinski definition) is 0. The largest absolute Gasteiger partial charge is 0.469 e. The van der Waals surface area contributed by atoms with Gasteiger partial charge in [-0.05, 0) is 38.2 Å². The summed E-state index contributed by atoms with van der Waals surface area (Å²) in [5, 5.41) is 0.663. The van der Waals surface area contributed by atoms with Crippen LogP contribution in [0.3, 0.4) is 0 Å². The van der Waals surface area contributed by atoms with Crippen LogP contribution in [-0.4, -0.2) is 46.5 Å². The minimum atomic E-state index is -0.194. The smallest absolute Gasteiger partial charge is 0.305 e. The van der Waals surface area contributed by atoms with Crippen molar-refractivity contribution in [2.45, 2.75) is 46.1 Å². The predicted octanol–water partition coefficient (Wildman–Crippen LogP) is 2.27. The summed E-state index contributed by atoms with van der Waals surface area (Å²) in [5.41, 5.74) is 0.896. The maximum atomic E-state index is 12.7. The van der Waals surface area contributed by atoms with Crippen LogP contribution in [0.25, 0.3) is 10.2 Å². The van der Waals surface area contributed by atoms with Gasteiger partial charge in [0, 0.05) is 37.4 Å². The summed E-state index contributed by atoms with van der Waals surface area (Å²) in [6.45, 7) is 5.55. The molecule has 0 spiro atoms. The summed E-state index contributed by atoms with van der Waals surface area (Å²) in [7, 11) is 1.40. The van der Waals surface area contributed by atoms with Gasteiger partial charge in [0.25, 0.3) is 5.56 Å². The SMILES string of the molecule is COC(=O)CC1CCN(C(=O)CCn2cnc3sc(C)c(C)c3c2=O)CC1. The highest BCUT2D eigenvalue weighted by molar-refractivity contribution is 7.18. The monoisotopic (exact) mass is 391 g/mol. The van der Waals surface area contributed by atoms with Gasteiger partial charge in [-0.25, -0.2) is 4.98 Å². The Balaban J connectivity index is 1.58. The van der Waals surface area contributed by atoms with Crippen LogP contribution in [0.15, 0.2) is 11.1 Å². The second-order valence-electron chi connectivity index (χ2n) is 7.06. The fraction of sp³-hybridized carbons (Fsp3) is 0.579. The number of carbonyl (C=O) groups excluding carboxylic acids is 2. The van der Waals surface area contributed by atoms with Crippen LogP contribution < -0.4 is 5.56 Å². The zero-order valence-electron chi connectivity index (χ0n) is 16.0. The molecule has 146 valence electrons. The first-order valence-corrected chi connectivity index (χ1v) is 10.0. The molecular formula is C19H25N3O4S. The summed E-state index contributed by atoms with van der Waals surface area (Å²) < 4.78 is 6.24. The van der Waals surface area contributed by atoms with Gasteiger partial charge in [-0.2, -0.15) is 0 Å². The molecule has 0 bridgehead atoms. The molecular weight excluding hydrogens is 366 g/mol. The van der Waals surface area contributed by atoms with Crippen molar-refractivity contribution in [3.63, 3.8) is 0 Å². The van der Waals surface area contributed by atoms with E-state index in [0.29, 0.717) is 31.4 Å². The number of amides is 1. The number of ether oxygens (including phenoxy) is 1. The molecule has 7 nitrogen and oxygen atoms in total. The molecule has 3 heterocycles. The number of hydrogen-bond acceptors (Lipinski definition) is 6. The molecule has 27 heavy (non-hydrogen) atoms. The molecule has 0 saturated carbocycles. The quantitative estimate of drug-likeness (QED) is 0.731. The van der Waals surface area contributed by atoms with Crippen LogP contribution in [0.1, 0.15) is 36.1 Å². The maximum absolute atomic E-state index is 12.7. The first-order valence-electron chi connectivity index (χ1n) is 9.20. The molecule has 1 saturated heterocycles. The summed E-state index contributed by atoms with van der Waals surface area (Å²) in [6, 6.07) is 0. The topological polar surface area (TPSA) is 81.5 Å². The van der Waals surface area contributed by atoms with Gasteiger partial charge in [-0.15, -0.1) is 11.3 Å². The molecule has 1 aliphatic heterocycles. The Morgan fingerprint density at radius 2 is 2.00 bits per heavy atom. The van der Waals surface area contributed by atoms with Gasteiger partial charge in [0.05, 0.1) is 18.8 Å². The van der Waals surface area contributed by atoms with Crippen LogP contribution in [0.5, 0.6) is 0 Å². The minimum absolute atomic E-state index is 0.0386. The van der Waals surface area contributed by atoms with E-state index in [1.54, 1.807) is 0 Å². The normalized spacial score (nSPS) is 15.3. The van der Waals surface area contributed by atoms with Crippen molar-refractivity contribution in [2.75, 3.05) is 20.2 Å². The Hall–Kier alpha value is -2.22. The van der Waals surface area contributed by atoms with Crippen LogP contribution >= 0.6 is 11.3 Å². The minimum Gasteiger partial charge on any atom is -0.469 e. The number of aryl methyl sites for hydroxylation is 3. The van der Waals surface area contributed by atoms with Crippen LogP contribution in [0.2, 0.25) is 0 Å². The zero-order chi connectivity index (χ0) is 19.6. The Morgan fingerprint density at radius 3 is 2.67 bits per heavy atom. The maximum Gasteiger partial charge on any atom is 0.305 e. The van der Waals surface area contributed by atoms with E-state index in [9.17, 15) is 14.4 Å². The number of esters is 1. The van der Waals surface area contributed by atoms with Crippen molar-refractivity contribution < 1.29 is 14.3 Å². The van der Waals surface area contributed by atoms with E-state index < -0.39 is 0 Å². The van der Waals surface area contributed by atoms with Gasteiger partial charge in [-0.3, -0.25) is 19.0 Å². The summed E-state index contributed by atoms with van der Waals surface area (Å²) in [6.07, 6.45) is 3.84. The highest BCUT2D eigenvalue weighted by atomic mass is 32.1. The van der Waals surface area contributed by atoms with Crippen LogP contribution in [0.4, 0.5) is 0 Å². The molecule has 1 fully saturated rings. The number of aromatic nitrogens is 2. The van der Waals surface area contributed by atoms with E-state index in [1.165, 1.54) is 29.3 Å². The van der Waals surface area contributed by atoms with E-state index in [-0.39, 0.29) is 29.8 Å². The lowest BCUT2D eigenvalue weighted by Crippen LogP contribution is -2.39. The average molecular weight is 391 g/mol. The van der Waals surface area contributed by atoms with E-state index in [2.05, 4.69) is 4.98 Å². The summed E-state index contributed by atoms with van der Waals surface area (Å²) in [4.78, 5) is 44.6. The molecule has 2 aromatic heterocycles. The summed E-state index contributed by atoms with van der Waals surface area (Å²) in [5.74, 6) is 0.123. The number of methoxy groups -OCH3 is 1. The van der Waals surface area contributed by atoms with Crippen molar-refractivity contribution in [3.05, 3.63) is 27.1 Å². The third-order valence-electron chi connectivity index (χ3n) is 5.37. The second-order valence-corrected chi connectivity index (χ2v) is 8.26. The van der Waals surface area contributed by atoms with Crippen molar-refractivity contribution >= 4 is 33.4 Å². The van der Waals surface area contributed by atoms with E-state index in [1.807, 2.05) is 18.7 Å². The molecule has 1 aliphatic rings. The molecule has 8 heteroatoms.